The minimum Gasteiger partial charge on any atom is -0.741 e. The largest absolute Gasteiger partial charge is 0.741 e. The number of aliphatic imine (C=N–C) groups is 1. The summed E-state index contributed by atoms with van der Waals surface area (Å²) in [7, 11) is -12.2. The van der Waals surface area contributed by atoms with Gasteiger partial charge in [-0.05, 0) is 48.3 Å². The van der Waals surface area contributed by atoms with Crippen LogP contribution in [0.5, 0.6) is 0 Å². The van der Waals surface area contributed by atoms with Crippen LogP contribution in [-0.4, -0.2) is 53.1 Å². The Labute approximate surface area is 306 Å². The number of aryl methyl sites for hydroxylation is 4. The molecule has 3 aliphatic rings. The van der Waals surface area contributed by atoms with E-state index >= 15 is 0 Å². The summed E-state index contributed by atoms with van der Waals surface area (Å²) in [4.78, 5) is 12.1. The van der Waals surface area contributed by atoms with E-state index in [1.807, 2.05) is 6.21 Å². The number of halogens is 6. The van der Waals surface area contributed by atoms with Gasteiger partial charge in [0.15, 0.2) is 39.5 Å². The fourth-order valence-electron chi connectivity index (χ4n) is 6.02. The summed E-state index contributed by atoms with van der Waals surface area (Å²) in [5, 5.41) is 0. The molecule has 0 unspecified atom stereocenters. The molecule has 0 atom stereocenters. The van der Waals surface area contributed by atoms with Crippen LogP contribution in [0.25, 0.3) is 40.7 Å². The van der Waals surface area contributed by atoms with Crippen molar-refractivity contribution < 1.29 is 61.4 Å². The molecule has 0 saturated heterocycles. The molecule has 54 heavy (non-hydrogen) atoms. The number of imidazole rings is 1. The maximum Gasteiger partial charge on any atom is 0.485 e. The van der Waals surface area contributed by atoms with Crippen LogP contribution in [0.1, 0.15) is 47.1 Å². The van der Waals surface area contributed by atoms with Crippen molar-refractivity contribution in [1.82, 2.24) is 9.97 Å². The third kappa shape index (κ3) is 9.03. The van der Waals surface area contributed by atoms with Crippen molar-refractivity contribution in [1.29, 1.82) is 0 Å². The Hall–Kier alpha value is -4.98. The molecule has 19 heteroatoms. The van der Waals surface area contributed by atoms with Gasteiger partial charge in [-0.1, -0.05) is 24.3 Å². The maximum absolute atomic E-state index is 10.7. The Morgan fingerprint density at radius 1 is 0.796 bits per heavy atom. The van der Waals surface area contributed by atoms with Crippen LogP contribution in [0.15, 0.2) is 77.3 Å². The highest BCUT2D eigenvalue weighted by Crippen LogP contribution is 2.39. The lowest BCUT2D eigenvalue weighted by Gasteiger charge is -2.23. The van der Waals surface area contributed by atoms with Crippen molar-refractivity contribution in [3.63, 3.8) is 0 Å². The van der Waals surface area contributed by atoms with E-state index in [-0.39, 0.29) is 0 Å². The summed E-state index contributed by atoms with van der Waals surface area (Å²) in [6.45, 7) is 6.13. The number of hydrogen-bond donors (Lipinski definition) is 1. The minimum absolute atomic E-state index is 0.900. The number of alkyl halides is 6. The first kappa shape index (κ1) is 40.2. The number of hydrogen-bond acceptors (Lipinski definition) is 8. The predicted octanol–water partition coefficient (Wildman–Crippen LogP) is 5.77. The van der Waals surface area contributed by atoms with E-state index in [4.69, 9.17) is 25.9 Å². The first-order valence-corrected chi connectivity index (χ1v) is 18.8. The fraction of sp³-hybridized carbons (Fsp3) is 0.257. The molecule has 0 aliphatic carbocycles. The molecule has 1 aromatic carbocycles. The third-order valence-electron chi connectivity index (χ3n) is 8.66. The molecule has 11 nitrogen and oxygen atoms in total. The second-order valence-corrected chi connectivity index (χ2v) is 14.9. The van der Waals surface area contributed by atoms with Crippen LogP contribution in [0.4, 0.5) is 26.3 Å². The van der Waals surface area contributed by atoms with Crippen LogP contribution in [0.3, 0.4) is 0 Å². The number of nitrogens with one attached hydrogen (secondary N) is 1. The molecular weight excluding hydrogens is 765 g/mol. The summed E-state index contributed by atoms with van der Waals surface area (Å²) in [6.07, 6.45) is 17.8. The van der Waals surface area contributed by atoms with Crippen molar-refractivity contribution in [2.75, 3.05) is 0 Å². The molecule has 0 radical (unpaired) electrons. The number of aromatic amines is 1. The zero-order valence-corrected chi connectivity index (χ0v) is 30.1. The molecule has 0 saturated carbocycles. The Morgan fingerprint density at radius 2 is 1.41 bits per heavy atom. The molecule has 4 aromatic rings. The van der Waals surface area contributed by atoms with Crippen molar-refractivity contribution in [2.45, 2.75) is 57.2 Å². The van der Waals surface area contributed by atoms with E-state index in [1.165, 1.54) is 50.5 Å². The monoisotopic (exact) mass is 795 g/mol. The minimum atomic E-state index is -6.09. The van der Waals surface area contributed by atoms with Gasteiger partial charge in [-0.2, -0.15) is 35.5 Å². The maximum atomic E-state index is 10.7. The van der Waals surface area contributed by atoms with Crippen molar-refractivity contribution in [3.8, 4) is 22.5 Å². The van der Waals surface area contributed by atoms with E-state index in [9.17, 15) is 26.3 Å². The zero-order valence-electron chi connectivity index (χ0n) is 28.4. The SMILES string of the molecule is CC1=C(/C=C/c2cc(/C=C/c3nc[nH]c3C)[n+]3c(c2)-c2c(ccc4c2-c2cccc[n+]2CC4)CC3)CC=N1.O=S(=O)([O-])C(F)(F)F.O=S(=O)([O-])C(F)(F)F. The summed E-state index contributed by atoms with van der Waals surface area (Å²) in [5.41, 5.74) is 3.79. The molecule has 3 aromatic heterocycles. The second-order valence-electron chi connectivity index (χ2n) is 12.2. The van der Waals surface area contributed by atoms with Gasteiger partial charge in [0.2, 0.25) is 17.1 Å². The smallest absolute Gasteiger partial charge is 0.485 e. The van der Waals surface area contributed by atoms with Gasteiger partial charge in [0.25, 0.3) is 0 Å². The van der Waals surface area contributed by atoms with E-state index in [0.29, 0.717) is 0 Å². The van der Waals surface area contributed by atoms with Crippen LogP contribution < -0.4 is 9.13 Å². The predicted molar refractivity (Wildman–Crippen MR) is 184 cm³/mol. The average molecular weight is 796 g/mol. The standard InChI is InChI=1S/C33H30N5.2CHF3O3S/c1-22-25(12-15-34-22)7-6-24-19-28(10-11-29-23(2)35-21-36-29)38-18-14-27-9-8-26-13-17-37-16-4-3-5-30(37)32(26)33(27)31(38)20-24;2*2-1(3,4)8(5,6)7/h3-11,15-16,19-21H,12-14,17-18H2,1-2H3;2*(H,5,6,7)/q+1;;/p-1/b7-6+;;. The van der Waals surface area contributed by atoms with Crippen LogP contribution in [0.2, 0.25) is 0 Å². The summed E-state index contributed by atoms with van der Waals surface area (Å²) >= 11 is 0. The first-order chi connectivity index (χ1) is 25.2. The number of nitrogens with zero attached hydrogens (tertiary/aromatic N) is 4. The van der Waals surface area contributed by atoms with Crippen LogP contribution in [0, 0.1) is 6.92 Å². The topological polar surface area (TPSA) is 163 Å². The van der Waals surface area contributed by atoms with Crippen LogP contribution >= 0.6 is 0 Å². The Balaban J connectivity index is 0.000000295. The average Bonchev–Trinajstić information content (AvgIpc) is 3.70. The van der Waals surface area contributed by atoms with Gasteiger partial charge in [0.05, 0.1) is 23.1 Å². The Bertz CT molecular complexity index is 2390. The van der Waals surface area contributed by atoms with Crippen molar-refractivity contribution >= 4 is 44.7 Å². The third-order valence-corrected chi connectivity index (χ3v) is 9.80. The van der Waals surface area contributed by atoms with Gasteiger partial charge in [0, 0.05) is 67.2 Å². The Morgan fingerprint density at radius 3 is 1.96 bits per heavy atom. The molecule has 0 amide bonds. The second kappa shape index (κ2) is 15.4. The fourth-order valence-corrected chi connectivity index (χ4v) is 6.02. The van der Waals surface area contributed by atoms with E-state index in [0.717, 1.165) is 49.4 Å². The lowest BCUT2D eigenvalue weighted by atomic mass is 9.84. The molecule has 6 heterocycles. The summed E-state index contributed by atoms with van der Waals surface area (Å²) in [5.74, 6) is 0. The molecule has 0 spiro atoms. The van der Waals surface area contributed by atoms with Crippen molar-refractivity contribution in [2.24, 2.45) is 4.99 Å². The molecular formula is C35H31F6N5O6S2. The molecule has 1 N–H and O–H groups in total. The molecule has 0 fully saturated rings. The van der Waals surface area contributed by atoms with Gasteiger partial charge in [0.1, 0.15) is 0 Å². The zero-order chi connectivity index (χ0) is 39.6. The quantitative estimate of drug-likeness (QED) is 0.119. The number of benzene rings is 1. The number of aromatic nitrogens is 4. The number of rotatable bonds is 4. The number of H-pyrrole nitrogens is 1. The molecule has 7 rings (SSSR count). The number of pyridine rings is 2. The van der Waals surface area contributed by atoms with E-state index in [2.05, 4.69) is 111 Å². The lowest BCUT2D eigenvalue weighted by Crippen LogP contribution is -2.45. The highest BCUT2D eigenvalue weighted by molar-refractivity contribution is 7.86. The van der Waals surface area contributed by atoms with Gasteiger partial charge in [-0.15, -0.1) is 0 Å². The van der Waals surface area contributed by atoms with Gasteiger partial charge in [-0.3, -0.25) is 4.99 Å². The highest BCUT2D eigenvalue weighted by Gasteiger charge is 2.38. The van der Waals surface area contributed by atoms with Gasteiger partial charge < -0.3 is 14.1 Å². The normalized spacial score (nSPS) is 15.2. The lowest BCUT2D eigenvalue weighted by molar-refractivity contribution is -0.690. The molecule has 0 bridgehead atoms. The summed E-state index contributed by atoms with van der Waals surface area (Å²) < 4.78 is 123. The van der Waals surface area contributed by atoms with E-state index in [1.54, 1.807) is 6.33 Å². The first-order valence-electron chi connectivity index (χ1n) is 16.0. The van der Waals surface area contributed by atoms with Gasteiger partial charge >= 0.3 is 11.0 Å². The number of allylic oxidation sites excluding steroid dienone is 3. The Kier molecular flexibility index (Phi) is 11.5. The van der Waals surface area contributed by atoms with Crippen molar-refractivity contribution in [3.05, 3.63) is 106 Å². The molecule has 3 aliphatic heterocycles. The molecule has 286 valence electrons. The highest BCUT2D eigenvalue weighted by atomic mass is 32.2. The van der Waals surface area contributed by atoms with E-state index < -0.39 is 31.3 Å². The van der Waals surface area contributed by atoms with Crippen LogP contribution in [-0.2, 0) is 46.2 Å². The van der Waals surface area contributed by atoms with Gasteiger partial charge in [-0.25, -0.2) is 21.8 Å². The summed E-state index contributed by atoms with van der Waals surface area (Å²) in [6, 6.07) is 16.0. The number of fused-ring (bicyclic) bond motifs is 7.